The zero-order chi connectivity index (χ0) is 13.8. The highest BCUT2D eigenvalue weighted by Crippen LogP contribution is 2.29. The number of aliphatic carboxylic acids is 1. The third-order valence-electron chi connectivity index (χ3n) is 3.15. The van der Waals surface area contributed by atoms with Crippen molar-refractivity contribution < 1.29 is 9.90 Å². The lowest BCUT2D eigenvalue weighted by molar-refractivity contribution is -0.137. The summed E-state index contributed by atoms with van der Waals surface area (Å²) in [6, 6.07) is 7.85. The van der Waals surface area contributed by atoms with Crippen molar-refractivity contribution in [2.24, 2.45) is 0 Å². The zero-order valence-corrected chi connectivity index (χ0v) is 11.0. The van der Waals surface area contributed by atoms with E-state index in [0.717, 1.165) is 22.4 Å². The average Bonchev–Trinajstić information content (AvgIpc) is 2.40. The first-order valence-corrected chi connectivity index (χ1v) is 6.13. The lowest BCUT2D eigenvalue weighted by atomic mass is 9.88. The van der Waals surface area contributed by atoms with Crippen LogP contribution in [0.3, 0.4) is 0 Å². The van der Waals surface area contributed by atoms with Crippen LogP contribution in [-0.4, -0.2) is 21.0 Å². The van der Waals surface area contributed by atoms with Crippen LogP contribution in [0.5, 0.6) is 0 Å². The number of aryl methyl sites for hydroxylation is 2. The van der Waals surface area contributed by atoms with Gasteiger partial charge in [-0.3, -0.25) is 4.79 Å². The molecule has 0 spiro atoms. The third kappa shape index (κ3) is 3.16. The predicted molar refractivity (Wildman–Crippen MR) is 72.0 cm³/mol. The lowest BCUT2D eigenvalue weighted by Crippen LogP contribution is -2.11. The van der Waals surface area contributed by atoms with E-state index in [1.54, 1.807) is 12.3 Å². The zero-order valence-electron chi connectivity index (χ0n) is 11.0. The number of nitrogens with zero attached hydrogens (tertiary/aromatic N) is 2. The van der Waals surface area contributed by atoms with Crippen LogP contribution in [0.2, 0.25) is 0 Å². The molecule has 98 valence electrons. The van der Waals surface area contributed by atoms with Gasteiger partial charge in [-0.1, -0.05) is 23.8 Å². The Bertz CT molecular complexity index is 582. The molecular formula is C15H16N2O2. The van der Waals surface area contributed by atoms with E-state index in [0.29, 0.717) is 0 Å². The molecule has 2 rings (SSSR count). The Kier molecular flexibility index (Phi) is 3.90. The molecule has 4 nitrogen and oxygen atoms in total. The normalized spacial score (nSPS) is 12.1. The van der Waals surface area contributed by atoms with E-state index in [1.165, 1.54) is 6.33 Å². The van der Waals surface area contributed by atoms with Gasteiger partial charge in [-0.15, -0.1) is 0 Å². The molecule has 0 aliphatic rings. The van der Waals surface area contributed by atoms with E-state index in [1.807, 2.05) is 32.0 Å². The highest BCUT2D eigenvalue weighted by molar-refractivity contribution is 5.69. The minimum Gasteiger partial charge on any atom is -0.481 e. The summed E-state index contributed by atoms with van der Waals surface area (Å²) >= 11 is 0. The van der Waals surface area contributed by atoms with E-state index >= 15 is 0 Å². The summed E-state index contributed by atoms with van der Waals surface area (Å²) in [6.07, 6.45) is 3.12. The Balaban J connectivity index is 2.48. The van der Waals surface area contributed by atoms with Crippen LogP contribution in [0.15, 0.2) is 36.8 Å². The summed E-state index contributed by atoms with van der Waals surface area (Å²) in [5, 5.41) is 9.12. The van der Waals surface area contributed by atoms with Gasteiger partial charge in [0.05, 0.1) is 12.1 Å². The maximum Gasteiger partial charge on any atom is 0.304 e. The Morgan fingerprint density at radius 2 is 2.11 bits per heavy atom. The van der Waals surface area contributed by atoms with E-state index in [4.69, 9.17) is 5.11 Å². The molecule has 1 aromatic heterocycles. The molecule has 0 amide bonds. The molecule has 1 unspecified atom stereocenters. The minimum absolute atomic E-state index is 0.0291. The van der Waals surface area contributed by atoms with Gasteiger partial charge < -0.3 is 5.11 Å². The molecule has 0 saturated carbocycles. The SMILES string of the molecule is Cc1ccc(C)c(C(CC(=O)O)c2ccncn2)c1. The molecule has 19 heavy (non-hydrogen) atoms. The number of carboxylic acids is 1. The first-order valence-electron chi connectivity index (χ1n) is 6.13. The van der Waals surface area contributed by atoms with Gasteiger partial charge in [0.2, 0.25) is 0 Å². The fraction of sp³-hybridized carbons (Fsp3) is 0.267. The topological polar surface area (TPSA) is 63.1 Å². The summed E-state index contributed by atoms with van der Waals surface area (Å²) in [6.45, 7) is 3.99. The van der Waals surface area contributed by atoms with Gasteiger partial charge in [0.15, 0.2) is 0 Å². The molecular weight excluding hydrogens is 240 g/mol. The Labute approximate surface area is 112 Å². The van der Waals surface area contributed by atoms with Crippen molar-refractivity contribution in [1.82, 2.24) is 9.97 Å². The van der Waals surface area contributed by atoms with Gasteiger partial charge in [0.1, 0.15) is 6.33 Å². The molecule has 2 aromatic rings. The second kappa shape index (κ2) is 5.61. The van der Waals surface area contributed by atoms with Crippen LogP contribution in [-0.2, 0) is 4.79 Å². The molecule has 0 bridgehead atoms. The van der Waals surface area contributed by atoms with Crippen molar-refractivity contribution in [3.63, 3.8) is 0 Å². The van der Waals surface area contributed by atoms with Crippen LogP contribution in [0.1, 0.15) is 34.7 Å². The maximum atomic E-state index is 11.1. The first-order chi connectivity index (χ1) is 9.08. The number of aromatic nitrogens is 2. The highest BCUT2D eigenvalue weighted by Gasteiger charge is 2.20. The number of carbonyl (C=O) groups is 1. The van der Waals surface area contributed by atoms with E-state index in [9.17, 15) is 4.79 Å². The predicted octanol–water partition coefficient (Wildman–Crippen LogP) is 2.70. The molecule has 0 radical (unpaired) electrons. The Morgan fingerprint density at radius 3 is 2.74 bits per heavy atom. The standard InChI is InChI=1S/C15H16N2O2/c1-10-3-4-11(2)12(7-10)13(8-15(18)19)14-5-6-16-9-17-14/h3-7,9,13H,8H2,1-2H3,(H,18,19). The van der Waals surface area contributed by atoms with Gasteiger partial charge >= 0.3 is 5.97 Å². The maximum absolute atomic E-state index is 11.1. The van der Waals surface area contributed by atoms with Gasteiger partial charge in [-0.2, -0.15) is 0 Å². The van der Waals surface area contributed by atoms with Gasteiger partial charge in [0.25, 0.3) is 0 Å². The molecule has 0 aliphatic carbocycles. The average molecular weight is 256 g/mol. The monoisotopic (exact) mass is 256 g/mol. The second-order valence-corrected chi connectivity index (χ2v) is 4.64. The van der Waals surface area contributed by atoms with Crippen LogP contribution >= 0.6 is 0 Å². The van der Waals surface area contributed by atoms with E-state index in [2.05, 4.69) is 9.97 Å². The fourth-order valence-corrected chi connectivity index (χ4v) is 2.19. The van der Waals surface area contributed by atoms with Crippen LogP contribution in [0.4, 0.5) is 0 Å². The molecule has 1 aromatic carbocycles. The van der Waals surface area contributed by atoms with E-state index < -0.39 is 5.97 Å². The highest BCUT2D eigenvalue weighted by atomic mass is 16.4. The van der Waals surface area contributed by atoms with Crippen molar-refractivity contribution in [3.05, 3.63) is 59.2 Å². The summed E-state index contributed by atoms with van der Waals surface area (Å²) in [5.41, 5.74) is 3.95. The van der Waals surface area contributed by atoms with Crippen molar-refractivity contribution in [3.8, 4) is 0 Å². The number of hydrogen-bond acceptors (Lipinski definition) is 3. The van der Waals surface area contributed by atoms with Gasteiger partial charge in [0, 0.05) is 12.1 Å². The Morgan fingerprint density at radius 1 is 1.32 bits per heavy atom. The van der Waals surface area contributed by atoms with Gasteiger partial charge in [-0.05, 0) is 31.0 Å². The number of hydrogen-bond donors (Lipinski definition) is 1. The first kappa shape index (κ1) is 13.2. The van der Waals surface area contributed by atoms with Crippen molar-refractivity contribution in [1.29, 1.82) is 0 Å². The minimum atomic E-state index is -0.829. The quantitative estimate of drug-likeness (QED) is 0.913. The molecule has 1 heterocycles. The smallest absolute Gasteiger partial charge is 0.304 e. The Hall–Kier alpha value is -2.23. The molecule has 0 saturated heterocycles. The van der Waals surface area contributed by atoms with Crippen molar-refractivity contribution in [2.45, 2.75) is 26.2 Å². The summed E-state index contributed by atoms with van der Waals surface area (Å²) in [5.74, 6) is -1.06. The summed E-state index contributed by atoms with van der Waals surface area (Å²) < 4.78 is 0. The molecule has 0 fully saturated rings. The van der Waals surface area contributed by atoms with Crippen LogP contribution in [0, 0.1) is 13.8 Å². The molecule has 4 heteroatoms. The van der Waals surface area contributed by atoms with Gasteiger partial charge in [-0.25, -0.2) is 9.97 Å². The second-order valence-electron chi connectivity index (χ2n) is 4.64. The van der Waals surface area contributed by atoms with Crippen LogP contribution < -0.4 is 0 Å². The largest absolute Gasteiger partial charge is 0.481 e. The third-order valence-corrected chi connectivity index (χ3v) is 3.15. The lowest BCUT2D eigenvalue weighted by Gasteiger charge is -2.17. The molecule has 0 aliphatic heterocycles. The fourth-order valence-electron chi connectivity index (χ4n) is 2.19. The summed E-state index contributed by atoms with van der Waals surface area (Å²) in [7, 11) is 0. The summed E-state index contributed by atoms with van der Waals surface area (Å²) in [4.78, 5) is 19.2. The number of rotatable bonds is 4. The molecule has 1 N–H and O–H groups in total. The van der Waals surface area contributed by atoms with Crippen molar-refractivity contribution in [2.75, 3.05) is 0 Å². The van der Waals surface area contributed by atoms with Crippen molar-refractivity contribution >= 4 is 5.97 Å². The number of carboxylic acid groups (broad SMARTS) is 1. The van der Waals surface area contributed by atoms with E-state index in [-0.39, 0.29) is 12.3 Å². The number of benzene rings is 1. The van der Waals surface area contributed by atoms with Crippen LogP contribution in [0.25, 0.3) is 0 Å². The molecule has 1 atom stereocenters.